The summed E-state index contributed by atoms with van der Waals surface area (Å²) < 4.78 is 7.84. The largest absolute Gasteiger partial charge is 0.507 e. The van der Waals surface area contributed by atoms with Crippen LogP contribution in [-0.4, -0.2) is 56.6 Å². The Morgan fingerprint density at radius 3 is 2.58 bits per heavy atom. The van der Waals surface area contributed by atoms with Crippen LogP contribution in [0.15, 0.2) is 36.4 Å². The fourth-order valence-electron chi connectivity index (χ4n) is 3.73. The van der Waals surface area contributed by atoms with E-state index in [1.165, 1.54) is 6.92 Å². The summed E-state index contributed by atoms with van der Waals surface area (Å²) in [5, 5.41) is 22.6. The summed E-state index contributed by atoms with van der Waals surface area (Å²) in [7, 11) is 4.11. The number of phenols is 1. The predicted molar refractivity (Wildman–Crippen MR) is 127 cm³/mol. The van der Waals surface area contributed by atoms with Crippen molar-refractivity contribution < 1.29 is 14.6 Å². The Balaban J connectivity index is 1.63. The number of hydrogen-bond acceptors (Lipinski definition) is 7. The Hall–Kier alpha value is -3.26. The molecule has 0 aliphatic heterocycles. The van der Waals surface area contributed by atoms with Gasteiger partial charge in [0.2, 0.25) is 0 Å². The number of rotatable bonds is 12. The number of ether oxygens (including phenoxy) is 1. The van der Waals surface area contributed by atoms with Gasteiger partial charge >= 0.3 is 0 Å². The van der Waals surface area contributed by atoms with Crippen LogP contribution >= 0.6 is 0 Å². The van der Waals surface area contributed by atoms with Crippen LogP contribution in [0, 0.1) is 0 Å². The zero-order valence-corrected chi connectivity index (χ0v) is 19.9. The number of benzene rings is 2. The molecule has 2 aromatic carbocycles. The Kier molecular flexibility index (Phi) is 8.54. The summed E-state index contributed by atoms with van der Waals surface area (Å²) in [4.78, 5) is 13.9. The van der Waals surface area contributed by atoms with Crippen molar-refractivity contribution in [3.63, 3.8) is 0 Å². The molecular weight excluding hydrogens is 418 g/mol. The SMILES string of the molecule is CCCc1c(COc2ccc(Cc3nnnn3CCCN(C)C)cc2)ccc(C(C)=O)c1O. The molecule has 0 aliphatic rings. The van der Waals surface area contributed by atoms with Gasteiger partial charge in [-0.25, -0.2) is 4.68 Å². The van der Waals surface area contributed by atoms with Crippen LogP contribution in [0.1, 0.15) is 59.6 Å². The normalized spacial score (nSPS) is 11.2. The molecule has 1 heterocycles. The molecule has 0 saturated carbocycles. The van der Waals surface area contributed by atoms with Crippen LogP contribution in [-0.2, 0) is 26.0 Å². The van der Waals surface area contributed by atoms with E-state index in [1.807, 2.05) is 41.9 Å². The molecule has 0 bridgehead atoms. The standard InChI is InChI=1S/C25H33N5O3/c1-5-7-23-20(10-13-22(18(2)31)25(23)32)17-33-21-11-8-19(9-12-21)16-24-26-27-28-30(24)15-6-14-29(3)4/h8-13,32H,5-7,14-17H2,1-4H3. The molecule has 1 N–H and O–H groups in total. The van der Waals surface area contributed by atoms with Crippen molar-refractivity contribution in [2.45, 2.75) is 52.7 Å². The Morgan fingerprint density at radius 2 is 1.91 bits per heavy atom. The van der Waals surface area contributed by atoms with E-state index in [4.69, 9.17) is 4.74 Å². The van der Waals surface area contributed by atoms with Crippen LogP contribution in [0.3, 0.4) is 0 Å². The molecule has 0 unspecified atom stereocenters. The van der Waals surface area contributed by atoms with Gasteiger partial charge in [0.1, 0.15) is 18.1 Å². The van der Waals surface area contributed by atoms with E-state index in [0.29, 0.717) is 25.0 Å². The summed E-state index contributed by atoms with van der Waals surface area (Å²) in [6, 6.07) is 11.4. The summed E-state index contributed by atoms with van der Waals surface area (Å²) in [5.74, 6) is 1.51. The number of phenolic OH excluding ortho intramolecular Hbond substituents is 1. The average molecular weight is 452 g/mol. The van der Waals surface area contributed by atoms with E-state index in [1.54, 1.807) is 6.07 Å². The lowest BCUT2D eigenvalue weighted by Crippen LogP contribution is -2.16. The monoisotopic (exact) mass is 451 g/mol. The second kappa shape index (κ2) is 11.6. The van der Waals surface area contributed by atoms with Crippen molar-refractivity contribution in [1.82, 2.24) is 25.1 Å². The van der Waals surface area contributed by atoms with Crippen LogP contribution < -0.4 is 4.74 Å². The first-order chi connectivity index (χ1) is 15.9. The highest BCUT2D eigenvalue weighted by Gasteiger charge is 2.15. The second-order valence-corrected chi connectivity index (χ2v) is 8.49. The van der Waals surface area contributed by atoms with Gasteiger partial charge in [0.05, 0.1) is 5.56 Å². The Labute approximate surface area is 195 Å². The summed E-state index contributed by atoms with van der Waals surface area (Å²) >= 11 is 0. The molecule has 1 aromatic heterocycles. The maximum atomic E-state index is 11.8. The molecule has 0 spiro atoms. The molecule has 3 aromatic rings. The van der Waals surface area contributed by atoms with Gasteiger partial charge in [-0.2, -0.15) is 0 Å². The third kappa shape index (κ3) is 6.61. The lowest BCUT2D eigenvalue weighted by Gasteiger charge is -2.14. The highest BCUT2D eigenvalue weighted by Crippen LogP contribution is 2.29. The number of tetrazole rings is 1. The van der Waals surface area contributed by atoms with Crippen molar-refractivity contribution in [3.8, 4) is 11.5 Å². The Bertz CT molecular complexity index is 1060. The van der Waals surface area contributed by atoms with Crippen molar-refractivity contribution in [3.05, 3.63) is 64.5 Å². The van der Waals surface area contributed by atoms with Gasteiger partial charge in [0.15, 0.2) is 11.6 Å². The Morgan fingerprint density at radius 1 is 1.15 bits per heavy atom. The highest BCUT2D eigenvalue weighted by molar-refractivity contribution is 5.97. The molecule has 0 amide bonds. The smallest absolute Gasteiger partial charge is 0.163 e. The van der Waals surface area contributed by atoms with Crippen molar-refractivity contribution in [1.29, 1.82) is 0 Å². The minimum Gasteiger partial charge on any atom is -0.507 e. The van der Waals surface area contributed by atoms with E-state index < -0.39 is 0 Å². The van der Waals surface area contributed by atoms with Gasteiger partial charge < -0.3 is 14.7 Å². The number of ketones is 1. The minimum atomic E-state index is -0.142. The predicted octanol–water partition coefficient (Wildman–Crippen LogP) is 3.66. The fourth-order valence-corrected chi connectivity index (χ4v) is 3.73. The van der Waals surface area contributed by atoms with Crippen molar-refractivity contribution in [2.75, 3.05) is 20.6 Å². The summed E-state index contributed by atoms with van der Waals surface area (Å²) in [5.41, 5.74) is 3.12. The first kappa shape index (κ1) is 24.4. The van der Waals surface area contributed by atoms with Crippen molar-refractivity contribution in [2.24, 2.45) is 0 Å². The molecule has 8 heteroatoms. The first-order valence-electron chi connectivity index (χ1n) is 11.3. The van der Waals surface area contributed by atoms with Crippen LogP contribution in [0.5, 0.6) is 11.5 Å². The number of Topliss-reactive ketones (excluding diaryl/α,β-unsaturated/α-hetero) is 1. The summed E-state index contributed by atoms with van der Waals surface area (Å²) in [6.07, 6.45) is 3.19. The second-order valence-electron chi connectivity index (χ2n) is 8.49. The van der Waals surface area contributed by atoms with Gasteiger partial charge in [-0.15, -0.1) is 5.10 Å². The molecule has 176 valence electrons. The summed E-state index contributed by atoms with van der Waals surface area (Å²) in [6.45, 7) is 5.61. The molecule has 0 fully saturated rings. The fraction of sp³-hybridized carbons (Fsp3) is 0.440. The van der Waals surface area contributed by atoms with Crippen LogP contribution in [0.4, 0.5) is 0 Å². The van der Waals surface area contributed by atoms with Crippen LogP contribution in [0.25, 0.3) is 0 Å². The van der Waals surface area contributed by atoms with E-state index >= 15 is 0 Å². The maximum absolute atomic E-state index is 11.8. The molecule has 3 rings (SSSR count). The number of aromatic nitrogens is 4. The maximum Gasteiger partial charge on any atom is 0.163 e. The quantitative estimate of drug-likeness (QED) is 0.420. The first-order valence-corrected chi connectivity index (χ1v) is 11.3. The zero-order valence-electron chi connectivity index (χ0n) is 19.9. The van der Waals surface area contributed by atoms with E-state index in [-0.39, 0.29) is 11.5 Å². The number of aryl methyl sites for hydroxylation is 1. The van der Waals surface area contributed by atoms with E-state index in [9.17, 15) is 9.90 Å². The van der Waals surface area contributed by atoms with Gasteiger partial charge in [-0.3, -0.25) is 4.79 Å². The number of aromatic hydroxyl groups is 1. The van der Waals surface area contributed by atoms with Gasteiger partial charge in [0, 0.05) is 18.5 Å². The molecule has 8 nitrogen and oxygen atoms in total. The van der Waals surface area contributed by atoms with E-state index in [0.717, 1.165) is 54.2 Å². The molecule has 0 radical (unpaired) electrons. The number of carbonyl (C=O) groups is 1. The van der Waals surface area contributed by atoms with Gasteiger partial charge in [0.25, 0.3) is 0 Å². The molecule has 0 saturated heterocycles. The molecule has 33 heavy (non-hydrogen) atoms. The van der Waals surface area contributed by atoms with Gasteiger partial charge in [-0.1, -0.05) is 31.5 Å². The highest BCUT2D eigenvalue weighted by atomic mass is 16.5. The average Bonchev–Trinajstić information content (AvgIpc) is 3.21. The van der Waals surface area contributed by atoms with Crippen molar-refractivity contribution >= 4 is 5.78 Å². The minimum absolute atomic E-state index is 0.0732. The number of carbonyl (C=O) groups excluding carboxylic acids is 1. The zero-order chi connectivity index (χ0) is 23.8. The third-order valence-corrected chi connectivity index (χ3v) is 5.52. The van der Waals surface area contributed by atoms with Crippen LogP contribution in [0.2, 0.25) is 0 Å². The molecular formula is C25H33N5O3. The molecule has 0 aliphatic carbocycles. The lowest BCUT2D eigenvalue weighted by atomic mass is 9.97. The lowest BCUT2D eigenvalue weighted by molar-refractivity contribution is 0.101. The van der Waals surface area contributed by atoms with Gasteiger partial charge in [-0.05, 0) is 80.2 Å². The van der Waals surface area contributed by atoms with E-state index in [2.05, 4.69) is 34.5 Å². The topological polar surface area (TPSA) is 93.4 Å². The third-order valence-electron chi connectivity index (χ3n) is 5.52. The number of hydrogen-bond donors (Lipinski definition) is 1. The number of nitrogens with zero attached hydrogens (tertiary/aromatic N) is 5. The molecule has 0 atom stereocenters.